The van der Waals surface area contributed by atoms with Gasteiger partial charge in [-0.2, -0.15) is 0 Å². The van der Waals surface area contributed by atoms with Crippen molar-refractivity contribution in [2.75, 3.05) is 0 Å². The van der Waals surface area contributed by atoms with Crippen molar-refractivity contribution in [2.24, 2.45) is 0 Å². The van der Waals surface area contributed by atoms with Gasteiger partial charge in [0.05, 0.1) is 11.2 Å². The standard InChI is InChI=1S/C11H13N3OS/c1-9(7-14-5-4-12-8-14)13-11(15)10-3-2-6-16-10/h2-6,8-9H,7H2,1H3,(H,13,15). The van der Waals surface area contributed by atoms with Crippen LogP contribution in [-0.4, -0.2) is 21.5 Å². The molecule has 1 amide bonds. The van der Waals surface area contributed by atoms with E-state index in [0.29, 0.717) is 0 Å². The monoisotopic (exact) mass is 235 g/mol. The van der Waals surface area contributed by atoms with Crippen molar-refractivity contribution >= 4 is 17.2 Å². The summed E-state index contributed by atoms with van der Waals surface area (Å²) in [6.07, 6.45) is 5.36. The maximum atomic E-state index is 11.7. The Hall–Kier alpha value is -1.62. The number of thiophene rings is 1. The van der Waals surface area contributed by atoms with Crippen molar-refractivity contribution in [3.63, 3.8) is 0 Å². The van der Waals surface area contributed by atoms with Crippen molar-refractivity contribution in [3.8, 4) is 0 Å². The number of nitrogens with one attached hydrogen (secondary N) is 1. The van der Waals surface area contributed by atoms with E-state index in [9.17, 15) is 4.79 Å². The van der Waals surface area contributed by atoms with Crippen LogP contribution in [0.1, 0.15) is 16.6 Å². The fourth-order valence-electron chi connectivity index (χ4n) is 1.46. The summed E-state index contributed by atoms with van der Waals surface area (Å²) in [5.41, 5.74) is 0. The third kappa shape index (κ3) is 2.70. The predicted octanol–water partition coefficient (Wildman–Crippen LogP) is 1.76. The summed E-state index contributed by atoms with van der Waals surface area (Å²) in [6.45, 7) is 2.71. The quantitative estimate of drug-likeness (QED) is 0.877. The number of carbonyl (C=O) groups excluding carboxylic acids is 1. The number of imidazole rings is 1. The second kappa shape index (κ2) is 4.94. The minimum absolute atomic E-state index is 0.0115. The van der Waals surface area contributed by atoms with Gasteiger partial charge in [-0.3, -0.25) is 4.79 Å². The average molecular weight is 235 g/mol. The lowest BCUT2D eigenvalue weighted by molar-refractivity contribution is 0.0941. The van der Waals surface area contributed by atoms with Gasteiger partial charge in [0, 0.05) is 25.0 Å². The van der Waals surface area contributed by atoms with E-state index in [2.05, 4.69) is 10.3 Å². The van der Waals surface area contributed by atoms with Crippen molar-refractivity contribution in [2.45, 2.75) is 19.5 Å². The molecule has 84 valence electrons. The normalized spacial score (nSPS) is 12.3. The van der Waals surface area contributed by atoms with Crippen LogP contribution in [0.4, 0.5) is 0 Å². The van der Waals surface area contributed by atoms with Crippen LogP contribution in [0, 0.1) is 0 Å². The molecule has 4 nitrogen and oxygen atoms in total. The van der Waals surface area contributed by atoms with E-state index in [-0.39, 0.29) is 11.9 Å². The van der Waals surface area contributed by atoms with Gasteiger partial charge >= 0.3 is 0 Å². The number of nitrogens with zero attached hydrogens (tertiary/aromatic N) is 2. The van der Waals surface area contributed by atoms with E-state index in [1.54, 1.807) is 12.5 Å². The smallest absolute Gasteiger partial charge is 0.261 e. The van der Waals surface area contributed by atoms with Crippen LogP contribution in [0.3, 0.4) is 0 Å². The summed E-state index contributed by atoms with van der Waals surface area (Å²) in [7, 11) is 0. The highest BCUT2D eigenvalue weighted by Crippen LogP contribution is 2.08. The highest BCUT2D eigenvalue weighted by atomic mass is 32.1. The van der Waals surface area contributed by atoms with Crippen LogP contribution < -0.4 is 5.32 Å². The molecule has 2 rings (SSSR count). The van der Waals surface area contributed by atoms with E-state index >= 15 is 0 Å². The molecule has 2 heterocycles. The van der Waals surface area contributed by atoms with Gasteiger partial charge in [0.25, 0.3) is 5.91 Å². The first-order valence-electron chi connectivity index (χ1n) is 5.06. The van der Waals surface area contributed by atoms with Crippen LogP contribution >= 0.6 is 11.3 Å². The average Bonchev–Trinajstić information content (AvgIpc) is 2.88. The first-order chi connectivity index (χ1) is 7.75. The Morgan fingerprint density at radius 1 is 1.69 bits per heavy atom. The number of rotatable bonds is 4. The lowest BCUT2D eigenvalue weighted by Gasteiger charge is -2.13. The largest absolute Gasteiger partial charge is 0.347 e. The molecule has 0 bridgehead atoms. The van der Waals surface area contributed by atoms with Crippen molar-refractivity contribution < 1.29 is 4.79 Å². The van der Waals surface area contributed by atoms with Gasteiger partial charge in [-0.15, -0.1) is 11.3 Å². The van der Waals surface area contributed by atoms with E-state index in [0.717, 1.165) is 11.4 Å². The van der Waals surface area contributed by atoms with Gasteiger partial charge in [0.15, 0.2) is 0 Å². The van der Waals surface area contributed by atoms with Gasteiger partial charge < -0.3 is 9.88 Å². The van der Waals surface area contributed by atoms with E-state index in [1.807, 2.05) is 35.2 Å². The van der Waals surface area contributed by atoms with Crippen molar-refractivity contribution in [1.82, 2.24) is 14.9 Å². The molecule has 0 radical (unpaired) electrons. The Morgan fingerprint density at radius 2 is 2.56 bits per heavy atom. The minimum Gasteiger partial charge on any atom is -0.347 e. The molecule has 1 N–H and O–H groups in total. The van der Waals surface area contributed by atoms with Crippen LogP contribution in [-0.2, 0) is 6.54 Å². The third-order valence-corrected chi connectivity index (χ3v) is 3.03. The fourth-order valence-corrected chi connectivity index (χ4v) is 2.09. The minimum atomic E-state index is -0.0115. The summed E-state index contributed by atoms with van der Waals surface area (Å²) < 4.78 is 1.94. The van der Waals surface area contributed by atoms with E-state index in [4.69, 9.17) is 0 Å². The van der Waals surface area contributed by atoms with Gasteiger partial charge in [0.1, 0.15) is 0 Å². The molecule has 16 heavy (non-hydrogen) atoms. The Bertz CT molecular complexity index is 436. The van der Waals surface area contributed by atoms with Crippen LogP contribution in [0.5, 0.6) is 0 Å². The number of hydrogen-bond acceptors (Lipinski definition) is 3. The highest BCUT2D eigenvalue weighted by molar-refractivity contribution is 7.12. The molecule has 2 aromatic rings. The van der Waals surface area contributed by atoms with Crippen LogP contribution in [0.15, 0.2) is 36.2 Å². The van der Waals surface area contributed by atoms with E-state index in [1.165, 1.54) is 11.3 Å². The summed E-state index contributed by atoms with van der Waals surface area (Å²) in [5, 5.41) is 4.84. The molecule has 2 aromatic heterocycles. The molecule has 0 aliphatic heterocycles. The lowest BCUT2D eigenvalue weighted by atomic mass is 10.3. The van der Waals surface area contributed by atoms with E-state index < -0.39 is 0 Å². The summed E-state index contributed by atoms with van der Waals surface area (Å²) in [6, 6.07) is 3.79. The number of hydrogen-bond donors (Lipinski definition) is 1. The van der Waals surface area contributed by atoms with Crippen LogP contribution in [0.25, 0.3) is 0 Å². The zero-order valence-electron chi connectivity index (χ0n) is 8.96. The Labute approximate surface area is 97.9 Å². The maximum absolute atomic E-state index is 11.7. The van der Waals surface area contributed by atoms with Gasteiger partial charge in [-0.25, -0.2) is 4.98 Å². The molecule has 1 atom stereocenters. The first kappa shape index (κ1) is 10.9. The molecule has 0 saturated heterocycles. The zero-order valence-corrected chi connectivity index (χ0v) is 9.78. The van der Waals surface area contributed by atoms with Gasteiger partial charge in [-0.05, 0) is 18.4 Å². The fraction of sp³-hybridized carbons (Fsp3) is 0.273. The molecule has 5 heteroatoms. The molecular formula is C11H13N3OS. The first-order valence-corrected chi connectivity index (χ1v) is 5.94. The Balaban J connectivity index is 1.88. The second-order valence-electron chi connectivity index (χ2n) is 3.61. The summed E-state index contributed by atoms with van der Waals surface area (Å²) in [5.74, 6) is -0.0115. The van der Waals surface area contributed by atoms with Crippen LogP contribution in [0.2, 0.25) is 0 Å². The molecule has 1 unspecified atom stereocenters. The van der Waals surface area contributed by atoms with Crippen molar-refractivity contribution in [1.29, 1.82) is 0 Å². The molecule has 0 saturated carbocycles. The predicted molar refractivity (Wildman–Crippen MR) is 63.5 cm³/mol. The summed E-state index contributed by atoms with van der Waals surface area (Å²) >= 11 is 1.45. The second-order valence-corrected chi connectivity index (χ2v) is 4.56. The zero-order chi connectivity index (χ0) is 11.4. The Morgan fingerprint density at radius 3 is 3.19 bits per heavy atom. The Kier molecular flexibility index (Phi) is 3.36. The molecule has 0 aliphatic carbocycles. The maximum Gasteiger partial charge on any atom is 0.261 e. The van der Waals surface area contributed by atoms with Crippen molar-refractivity contribution in [3.05, 3.63) is 41.1 Å². The molecule has 0 fully saturated rings. The third-order valence-electron chi connectivity index (χ3n) is 2.17. The van der Waals surface area contributed by atoms with Gasteiger partial charge in [-0.1, -0.05) is 6.07 Å². The number of aromatic nitrogens is 2. The van der Waals surface area contributed by atoms with Gasteiger partial charge in [0.2, 0.25) is 0 Å². The number of amides is 1. The molecule has 0 spiro atoms. The molecule has 0 aliphatic rings. The molecular weight excluding hydrogens is 222 g/mol. The lowest BCUT2D eigenvalue weighted by Crippen LogP contribution is -2.35. The number of carbonyl (C=O) groups is 1. The SMILES string of the molecule is CC(Cn1ccnc1)NC(=O)c1cccs1. The summed E-state index contributed by atoms with van der Waals surface area (Å²) in [4.78, 5) is 16.4. The highest BCUT2D eigenvalue weighted by Gasteiger charge is 2.10. The molecule has 0 aromatic carbocycles. The topological polar surface area (TPSA) is 46.9 Å².